The SMILES string of the molecule is CO[C@H]1O[C@H](CO[C@H]2O[C@H](CO[C@H]3O[C@H](CO[C@H]4O[C@H](CO[C@H]5O[C@H](CO)[C@@H](O)[C@H](O)[C@@H]5OC(=O)c5ccccc5)[C@@H](O)[C@H](O)[C@@H]4OC(=O)c4ccccc4)[C@@H](O)[C@H](O)[C@@H]3OC(=O)c3ccccc3)[C@@H](O)[C@H](O)[C@@H]2OC(=O)c2ccccc2)[C@@H](OC)[C@H](OC)[C@H]1OC. The molecule has 4 aromatic carbocycles. The minimum absolute atomic E-state index is 0.00162. The van der Waals surface area contributed by atoms with Crippen molar-refractivity contribution in [2.75, 3.05) is 61.5 Å². The van der Waals surface area contributed by atoms with E-state index in [0.717, 1.165) is 0 Å². The van der Waals surface area contributed by atoms with Crippen molar-refractivity contribution in [1.82, 2.24) is 0 Å². The van der Waals surface area contributed by atoms with Gasteiger partial charge in [-0.3, -0.25) is 0 Å². The molecule has 25 atom stereocenters. The van der Waals surface area contributed by atoms with E-state index in [-0.39, 0.29) is 22.3 Å². The van der Waals surface area contributed by atoms with E-state index in [9.17, 15) is 65.1 Å². The van der Waals surface area contributed by atoms with Crippen LogP contribution in [0.15, 0.2) is 121 Å². The van der Waals surface area contributed by atoms with Crippen molar-refractivity contribution in [1.29, 1.82) is 0 Å². The third-order valence-corrected chi connectivity index (χ3v) is 16.1. The maximum Gasteiger partial charge on any atom is 0.338 e. The van der Waals surface area contributed by atoms with E-state index in [0.29, 0.717) is 0 Å². The van der Waals surface area contributed by atoms with Crippen LogP contribution in [0.25, 0.3) is 0 Å². The lowest BCUT2D eigenvalue weighted by Gasteiger charge is -2.46. The van der Waals surface area contributed by atoms with Crippen LogP contribution in [0.3, 0.4) is 0 Å². The zero-order chi connectivity index (χ0) is 65.8. The summed E-state index contributed by atoms with van der Waals surface area (Å²) >= 11 is 0. The number of aliphatic hydroxyl groups excluding tert-OH is 9. The summed E-state index contributed by atoms with van der Waals surface area (Å²) in [6.07, 6.45) is -41.4. The Bertz CT molecular complexity index is 2940. The highest BCUT2D eigenvalue weighted by Crippen LogP contribution is 2.35. The molecule has 0 unspecified atom stereocenters. The summed E-state index contributed by atoms with van der Waals surface area (Å²) in [5.74, 6) is -3.94. The Balaban J connectivity index is 0.954. The minimum atomic E-state index is -2.09. The summed E-state index contributed by atoms with van der Waals surface area (Å²) in [7, 11) is 5.64. The van der Waals surface area contributed by atoms with Crippen molar-refractivity contribution in [2.24, 2.45) is 0 Å². The van der Waals surface area contributed by atoms with E-state index >= 15 is 0 Å². The molecule has 0 radical (unpaired) electrons. The van der Waals surface area contributed by atoms with E-state index in [2.05, 4.69) is 0 Å². The summed E-state index contributed by atoms with van der Waals surface area (Å²) in [5, 5.41) is 102. The van der Waals surface area contributed by atoms with E-state index in [1.807, 2.05) is 0 Å². The quantitative estimate of drug-likeness (QED) is 0.0260. The molecule has 9 N–H and O–H groups in total. The Morgan fingerprint density at radius 2 is 0.554 bits per heavy atom. The van der Waals surface area contributed by atoms with Gasteiger partial charge in [-0.2, -0.15) is 0 Å². The Labute approximate surface area is 526 Å². The lowest BCUT2D eigenvalue weighted by atomic mass is 9.97. The molecule has 5 aliphatic heterocycles. The molecule has 0 aromatic heterocycles. The van der Waals surface area contributed by atoms with Crippen LogP contribution in [0.1, 0.15) is 41.4 Å². The topological polar surface area (TPSA) is 407 Å². The fourth-order valence-electron chi connectivity index (χ4n) is 11.0. The molecule has 5 saturated heterocycles. The van der Waals surface area contributed by atoms with E-state index < -0.39 is 210 Å². The van der Waals surface area contributed by atoms with Gasteiger partial charge in [0.05, 0.1) is 55.3 Å². The predicted octanol–water partition coefficient (Wildman–Crippen LogP) is -1.85. The molecule has 92 heavy (non-hydrogen) atoms. The second-order valence-corrected chi connectivity index (χ2v) is 21.9. The molecule has 5 fully saturated rings. The highest BCUT2D eigenvalue weighted by molar-refractivity contribution is 5.91. The molecule has 5 aliphatic rings. The Kier molecular flexibility index (Phi) is 25.0. The molecule has 4 aromatic rings. The van der Waals surface area contributed by atoms with Crippen LogP contribution < -0.4 is 0 Å². The second kappa shape index (κ2) is 32.8. The van der Waals surface area contributed by atoms with Crippen LogP contribution in [0.2, 0.25) is 0 Å². The number of hydrogen-bond donors (Lipinski definition) is 9. The number of esters is 4. The standard InChI is InChI=1S/C62H76O30/c1-76-47-38(88-58(79-4)53(78-3)52(47)77-2)29-83-62-51(92-57(75)33-23-15-8-16-24-33)46(71)42(67)37(87-62)28-82-61-50(91-56(74)32-21-13-7-14-22-32)45(70)41(66)36(86-61)27-81-60-49(90-55(73)31-19-11-6-12-20-31)44(69)40(65)35(85-60)26-80-59-48(43(68)39(64)34(25-63)84-59)89-54(72)30-17-9-5-10-18-30/h5-24,34-53,58-71H,25-29H2,1-4H3/t34-,35-,36-,37-,38-,39-,40-,41-,42-,43+,44+,45+,46+,47-,48+,49+,50+,51+,52+,53-,58+,59+,60+,61+,62+/m1/s1. The molecular formula is C62H76O30. The van der Waals surface area contributed by atoms with Crippen LogP contribution >= 0.6 is 0 Å². The third kappa shape index (κ3) is 16.3. The number of rotatable bonds is 25. The van der Waals surface area contributed by atoms with Crippen molar-refractivity contribution >= 4 is 23.9 Å². The first-order valence-corrected chi connectivity index (χ1v) is 29.3. The minimum Gasteiger partial charge on any atom is -0.450 e. The molecule has 30 heteroatoms. The molecule has 0 bridgehead atoms. The number of hydrogen-bond acceptors (Lipinski definition) is 30. The Hall–Kier alpha value is -6.12. The zero-order valence-corrected chi connectivity index (χ0v) is 50.1. The first-order valence-electron chi connectivity index (χ1n) is 29.3. The maximum atomic E-state index is 13.7. The summed E-state index contributed by atoms with van der Waals surface area (Å²) in [6, 6.07) is 30.2. The molecule has 0 saturated carbocycles. The fourth-order valence-corrected chi connectivity index (χ4v) is 11.0. The van der Waals surface area contributed by atoms with Gasteiger partial charge >= 0.3 is 23.9 Å². The van der Waals surface area contributed by atoms with Crippen molar-refractivity contribution in [2.45, 2.75) is 154 Å². The molecule has 30 nitrogen and oxygen atoms in total. The number of benzene rings is 4. The van der Waals surface area contributed by atoms with Crippen LogP contribution in [-0.4, -0.2) is 285 Å². The van der Waals surface area contributed by atoms with E-state index in [1.165, 1.54) is 101 Å². The van der Waals surface area contributed by atoms with Crippen LogP contribution in [0.5, 0.6) is 0 Å². The van der Waals surface area contributed by atoms with Crippen molar-refractivity contribution in [3.63, 3.8) is 0 Å². The lowest BCUT2D eigenvalue weighted by Crippen LogP contribution is -2.64. The van der Waals surface area contributed by atoms with Crippen molar-refractivity contribution in [3.05, 3.63) is 144 Å². The van der Waals surface area contributed by atoms with Gasteiger partial charge in [0.1, 0.15) is 97.7 Å². The highest BCUT2D eigenvalue weighted by atomic mass is 16.8. The molecule has 0 aliphatic carbocycles. The van der Waals surface area contributed by atoms with E-state index in [4.69, 9.17) is 80.5 Å². The first-order chi connectivity index (χ1) is 44.4. The van der Waals surface area contributed by atoms with Crippen LogP contribution in [-0.2, 0) is 80.5 Å². The van der Waals surface area contributed by atoms with Crippen molar-refractivity contribution in [3.8, 4) is 0 Å². The Morgan fingerprint density at radius 3 is 0.815 bits per heavy atom. The number of carbonyl (C=O) groups is 4. The molecule has 9 rings (SSSR count). The van der Waals surface area contributed by atoms with Gasteiger partial charge in [-0.15, -0.1) is 0 Å². The van der Waals surface area contributed by atoms with Gasteiger partial charge in [0.25, 0.3) is 0 Å². The molecule has 0 amide bonds. The second-order valence-electron chi connectivity index (χ2n) is 21.9. The van der Waals surface area contributed by atoms with Gasteiger partial charge in [-0.1, -0.05) is 72.8 Å². The molecule has 504 valence electrons. The average Bonchev–Trinajstić information content (AvgIpc) is 0.844. The maximum absolute atomic E-state index is 13.7. The first kappa shape index (κ1) is 70.2. The van der Waals surface area contributed by atoms with Crippen LogP contribution in [0, 0.1) is 0 Å². The van der Waals surface area contributed by atoms with E-state index in [1.54, 1.807) is 48.5 Å². The summed E-state index contributed by atoms with van der Waals surface area (Å²) in [4.78, 5) is 54.1. The monoisotopic (exact) mass is 1300 g/mol. The summed E-state index contributed by atoms with van der Waals surface area (Å²) in [6.45, 7) is -3.70. The third-order valence-electron chi connectivity index (χ3n) is 16.1. The molecular weight excluding hydrogens is 1220 g/mol. The molecule has 0 spiro atoms. The predicted molar refractivity (Wildman–Crippen MR) is 304 cm³/mol. The van der Waals surface area contributed by atoms with Crippen molar-refractivity contribution < 1.29 is 146 Å². The van der Waals surface area contributed by atoms with Gasteiger partial charge in [-0.25, -0.2) is 19.2 Å². The number of aliphatic hydroxyl groups is 9. The number of ether oxygens (including phenoxy) is 17. The number of methoxy groups -OCH3 is 4. The van der Waals surface area contributed by atoms with Gasteiger partial charge < -0.3 is 126 Å². The Morgan fingerprint density at radius 1 is 0.304 bits per heavy atom. The average molecular weight is 1300 g/mol. The zero-order valence-electron chi connectivity index (χ0n) is 50.1. The summed E-state index contributed by atoms with van der Waals surface area (Å²) in [5.41, 5.74) is 0.110. The largest absolute Gasteiger partial charge is 0.450 e. The van der Waals surface area contributed by atoms with Crippen LogP contribution in [0.4, 0.5) is 0 Å². The highest BCUT2D eigenvalue weighted by Gasteiger charge is 2.55. The smallest absolute Gasteiger partial charge is 0.338 e. The normalized spacial score (nSPS) is 36.5. The van der Waals surface area contributed by atoms with Gasteiger partial charge in [0, 0.05) is 28.4 Å². The molecule has 5 heterocycles. The lowest BCUT2D eigenvalue weighted by molar-refractivity contribution is -0.350. The van der Waals surface area contributed by atoms with Gasteiger partial charge in [-0.05, 0) is 48.5 Å². The summed E-state index contributed by atoms with van der Waals surface area (Å²) < 4.78 is 100. The van der Waals surface area contributed by atoms with Gasteiger partial charge in [0.15, 0.2) is 55.9 Å². The number of carbonyl (C=O) groups excluding carboxylic acids is 4. The van der Waals surface area contributed by atoms with Gasteiger partial charge in [0.2, 0.25) is 0 Å². The fraction of sp³-hybridized carbons (Fsp3) is 0.548.